The van der Waals surface area contributed by atoms with Gasteiger partial charge in [-0.25, -0.2) is 0 Å². The Morgan fingerprint density at radius 2 is 1.54 bits per heavy atom. The Morgan fingerprint density at radius 1 is 1.04 bits per heavy atom. The molecule has 0 heterocycles. The third kappa shape index (κ3) is 4.26. The zero-order chi connectivity index (χ0) is 18.7. The predicted molar refractivity (Wildman–Crippen MR) is 65.0 cm³/mol. The summed E-state index contributed by atoms with van der Waals surface area (Å²) in [6, 6.07) is 0. The molecule has 0 radical (unpaired) electrons. The molecule has 0 amide bonds. The van der Waals surface area contributed by atoms with Crippen molar-refractivity contribution in [3.8, 4) is 0 Å². The summed E-state index contributed by atoms with van der Waals surface area (Å²) in [5.74, 6) is -14.2. The summed E-state index contributed by atoms with van der Waals surface area (Å²) in [7, 11) is 0. The number of aldehydes is 1. The van der Waals surface area contributed by atoms with Gasteiger partial charge in [-0.3, -0.25) is 19.2 Å². The summed E-state index contributed by atoms with van der Waals surface area (Å²) < 4.78 is 69.0. The largest absolute Gasteiger partial charge is 0.481 e. The number of halogens is 5. The fraction of sp³-hybridized carbons (Fsp3) is 0.692. The molecule has 1 N–H and O–H groups in total. The van der Waals surface area contributed by atoms with Gasteiger partial charge in [0.1, 0.15) is 0 Å². The van der Waals surface area contributed by atoms with Crippen LogP contribution in [0.2, 0.25) is 0 Å². The molecule has 0 aromatic heterocycles. The van der Waals surface area contributed by atoms with E-state index in [1.165, 1.54) is 0 Å². The molecule has 1 rings (SSSR count). The number of hydrogen-bond acceptors (Lipinski definition) is 5. The van der Waals surface area contributed by atoms with E-state index in [1.54, 1.807) is 0 Å². The normalized spacial score (nSPS) is 23.2. The van der Waals surface area contributed by atoms with Gasteiger partial charge in [-0.2, -0.15) is 22.0 Å². The summed E-state index contributed by atoms with van der Waals surface area (Å²) in [6.45, 7) is 0. The second kappa shape index (κ2) is 7.22. The number of alkyl halides is 5. The molecule has 0 aliphatic heterocycles. The SMILES string of the molecule is O=CC(=O)C(F)(F)C(OC(=O)C1CCCCC1C(=O)O)C(F)(F)F. The summed E-state index contributed by atoms with van der Waals surface area (Å²) in [5.41, 5.74) is 0. The van der Waals surface area contributed by atoms with Crippen LogP contribution in [-0.2, 0) is 23.9 Å². The number of carbonyl (C=O) groups excluding carboxylic acids is 3. The van der Waals surface area contributed by atoms with Crippen molar-refractivity contribution in [3.63, 3.8) is 0 Å². The number of carboxylic acids is 1. The number of aliphatic carboxylic acids is 1. The van der Waals surface area contributed by atoms with E-state index in [9.17, 15) is 41.1 Å². The molecule has 1 fully saturated rings. The Bertz CT molecular complexity index is 529. The van der Waals surface area contributed by atoms with Crippen molar-refractivity contribution in [3.05, 3.63) is 0 Å². The fourth-order valence-corrected chi connectivity index (χ4v) is 2.47. The molecule has 1 aliphatic rings. The van der Waals surface area contributed by atoms with Crippen LogP contribution in [-0.4, -0.2) is 47.3 Å². The molecule has 11 heteroatoms. The molecular weight excluding hydrogens is 347 g/mol. The van der Waals surface area contributed by atoms with Gasteiger partial charge in [0.15, 0.2) is 6.29 Å². The van der Waals surface area contributed by atoms with Crippen molar-refractivity contribution in [2.75, 3.05) is 0 Å². The maximum atomic E-state index is 13.5. The lowest BCUT2D eigenvalue weighted by molar-refractivity contribution is -0.272. The van der Waals surface area contributed by atoms with Crippen LogP contribution in [0, 0.1) is 11.8 Å². The van der Waals surface area contributed by atoms with Gasteiger partial charge in [0.2, 0.25) is 0 Å². The number of ether oxygens (including phenoxy) is 1. The fourth-order valence-electron chi connectivity index (χ4n) is 2.47. The number of hydrogen-bond donors (Lipinski definition) is 1. The first-order chi connectivity index (χ1) is 10.9. The summed E-state index contributed by atoms with van der Waals surface area (Å²) in [6.07, 6.45) is -10.4. The van der Waals surface area contributed by atoms with Crippen LogP contribution in [0.15, 0.2) is 0 Å². The predicted octanol–water partition coefficient (Wildman–Crippen LogP) is 1.75. The van der Waals surface area contributed by atoms with Crippen molar-refractivity contribution in [1.82, 2.24) is 0 Å². The van der Waals surface area contributed by atoms with Crippen LogP contribution in [0.3, 0.4) is 0 Å². The number of Topliss-reactive ketones (excluding diaryl/α,β-unsaturated/α-hetero) is 1. The van der Waals surface area contributed by atoms with Crippen LogP contribution < -0.4 is 0 Å². The molecule has 3 atom stereocenters. The van der Waals surface area contributed by atoms with Crippen molar-refractivity contribution < 1.29 is 51.0 Å². The lowest BCUT2D eigenvalue weighted by Gasteiger charge is -2.31. The zero-order valence-electron chi connectivity index (χ0n) is 12.0. The molecule has 0 spiro atoms. The molecular formula is C13H13F5O6. The number of rotatable bonds is 6. The lowest BCUT2D eigenvalue weighted by atomic mass is 9.79. The average Bonchev–Trinajstić information content (AvgIpc) is 2.49. The highest BCUT2D eigenvalue weighted by molar-refractivity contribution is 6.28. The van der Waals surface area contributed by atoms with E-state index in [0.29, 0.717) is 12.8 Å². The number of carbonyl (C=O) groups is 4. The maximum Gasteiger partial charge on any atom is 0.432 e. The summed E-state index contributed by atoms with van der Waals surface area (Å²) in [4.78, 5) is 43.7. The second-order valence-electron chi connectivity index (χ2n) is 5.30. The van der Waals surface area contributed by atoms with Gasteiger partial charge in [-0.1, -0.05) is 12.8 Å². The van der Waals surface area contributed by atoms with Crippen LogP contribution >= 0.6 is 0 Å². The van der Waals surface area contributed by atoms with Crippen molar-refractivity contribution in [1.29, 1.82) is 0 Å². The Morgan fingerprint density at radius 3 is 1.96 bits per heavy atom. The average molecular weight is 360 g/mol. The van der Waals surface area contributed by atoms with Crippen molar-refractivity contribution in [2.24, 2.45) is 11.8 Å². The van der Waals surface area contributed by atoms with Crippen LogP contribution in [0.4, 0.5) is 22.0 Å². The molecule has 0 aromatic carbocycles. The van der Waals surface area contributed by atoms with E-state index >= 15 is 0 Å². The van der Waals surface area contributed by atoms with Gasteiger partial charge in [-0.05, 0) is 12.8 Å². The standard InChI is InChI=1S/C13H13F5O6/c14-12(15,8(20)5-19)11(13(16,17)18)24-10(23)7-4-2-1-3-6(7)9(21)22/h5-7,11H,1-4H2,(H,21,22). The van der Waals surface area contributed by atoms with Gasteiger partial charge in [0.05, 0.1) is 11.8 Å². The van der Waals surface area contributed by atoms with E-state index < -0.39 is 54.0 Å². The minimum absolute atomic E-state index is 0.0184. The molecule has 136 valence electrons. The van der Waals surface area contributed by atoms with E-state index in [4.69, 9.17) is 5.11 Å². The van der Waals surface area contributed by atoms with Crippen LogP contribution in [0.25, 0.3) is 0 Å². The minimum Gasteiger partial charge on any atom is -0.481 e. The minimum atomic E-state index is -5.83. The number of esters is 1. The summed E-state index contributed by atoms with van der Waals surface area (Å²) in [5, 5.41) is 8.96. The van der Waals surface area contributed by atoms with E-state index in [1.807, 2.05) is 0 Å². The maximum absolute atomic E-state index is 13.5. The third-order valence-corrected chi connectivity index (χ3v) is 3.68. The molecule has 3 unspecified atom stereocenters. The highest BCUT2D eigenvalue weighted by Gasteiger charge is 2.63. The highest BCUT2D eigenvalue weighted by atomic mass is 19.4. The topological polar surface area (TPSA) is 97.7 Å². The highest BCUT2D eigenvalue weighted by Crippen LogP contribution is 2.38. The molecule has 1 saturated carbocycles. The molecule has 6 nitrogen and oxygen atoms in total. The smallest absolute Gasteiger partial charge is 0.432 e. The second-order valence-corrected chi connectivity index (χ2v) is 5.30. The first-order valence-corrected chi connectivity index (χ1v) is 6.80. The molecule has 24 heavy (non-hydrogen) atoms. The Balaban J connectivity index is 3.06. The summed E-state index contributed by atoms with van der Waals surface area (Å²) >= 11 is 0. The first-order valence-electron chi connectivity index (χ1n) is 6.80. The quantitative estimate of drug-likeness (QED) is 0.335. The van der Waals surface area contributed by atoms with E-state index in [0.717, 1.165) is 0 Å². The lowest BCUT2D eigenvalue weighted by Crippen LogP contribution is -2.53. The van der Waals surface area contributed by atoms with Crippen molar-refractivity contribution >= 4 is 24.0 Å². The van der Waals surface area contributed by atoms with Crippen molar-refractivity contribution in [2.45, 2.75) is 43.9 Å². The number of ketones is 1. The third-order valence-electron chi connectivity index (χ3n) is 3.68. The number of carboxylic acid groups (broad SMARTS) is 1. The van der Waals surface area contributed by atoms with Gasteiger partial charge in [0.25, 0.3) is 11.9 Å². The molecule has 0 aromatic rings. The molecule has 0 bridgehead atoms. The van der Waals surface area contributed by atoms with E-state index in [2.05, 4.69) is 4.74 Å². The Hall–Kier alpha value is -2.07. The first kappa shape index (κ1) is 20.0. The van der Waals surface area contributed by atoms with Gasteiger partial charge in [-0.15, -0.1) is 0 Å². The van der Waals surface area contributed by atoms with Crippen LogP contribution in [0.5, 0.6) is 0 Å². The van der Waals surface area contributed by atoms with Gasteiger partial charge < -0.3 is 9.84 Å². The monoisotopic (exact) mass is 360 g/mol. The molecule has 1 aliphatic carbocycles. The molecule has 0 saturated heterocycles. The Kier molecular flexibility index (Phi) is 6.01. The van der Waals surface area contributed by atoms with Gasteiger partial charge in [0, 0.05) is 0 Å². The van der Waals surface area contributed by atoms with E-state index in [-0.39, 0.29) is 12.8 Å². The Labute approximate surface area is 131 Å². The zero-order valence-corrected chi connectivity index (χ0v) is 12.0. The van der Waals surface area contributed by atoms with Crippen LogP contribution in [0.1, 0.15) is 25.7 Å². The van der Waals surface area contributed by atoms with Gasteiger partial charge >= 0.3 is 24.0 Å².